The van der Waals surface area contributed by atoms with E-state index in [1.54, 1.807) is 0 Å². The largest absolute Gasteiger partial charge is 0.424 e. The zero-order valence-electron chi connectivity index (χ0n) is 17.0. The van der Waals surface area contributed by atoms with Crippen molar-refractivity contribution >= 4 is 41.7 Å². The lowest BCUT2D eigenvalue weighted by molar-refractivity contribution is -0.272. The Hall–Kier alpha value is -0.690. The van der Waals surface area contributed by atoms with E-state index in [1.165, 1.54) is 24.0 Å². The number of hydrogen-bond acceptors (Lipinski definition) is 4. The first-order valence-corrected chi connectivity index (χ1v) is 10.7. The zero-order valence-corrected chi connectivity index (χ0v) is 20.1. The molecule has 1 aliphatic carbocycles. The molecule has 1 saturated carbocycles. The fourth-order valence-corrected chi connectivity index (χ4v) is 4.59. The van der Waals surface area contributed by atoms with Gasteiger partial charge in [0.05, 0.1) is 0 Å². The first kappa shape index (κ1) is 26.3. The maximum atomic E-state index is 13.6. The van der Waals surface area contributed by atoms with E-state index < -0.39 is 24.0 Å². The Labute approximate surface area is 191 Å². The summed E-state index contributed by atoms with van der Waals surface area (Å²) in [6.45, 7) is 4.47. The van der Waals surface area contributed by atoms with Crippen molar-refractivity contribution in [1.29, 1.82) is 0 Å². The predicted octanol–water partition coefficient (Wildman–Crippen LogP) is 3.41. The van der Waals surface area contributed by atoms with Crippen molar-refractivity contribution in [3.05, 3.63) is 18.2 Å². The molecule has 6 nitrogen and oxygen atoms in total. The number of hydrogen-bond donors (Lipinski definition) is 3. The number of thioether (sulfide) groups is 1. The summed E-state index contributed by atoms with van der Waals surface area (Å²) in [7, 11) is 1.43. The molecule has 1 aromatic rings. The molecule has 2 rings (SSSR count). The average Bonchev–Trinajstić information content (AvgIpc) is 3.23. The van der Waals surface area contributed by atoms with E-state index in [-0.39, 0.29) is 36.6 Å². The van der Waals surface area contributed by atoms with Crippen LogP contribution in [0, 0.1) is 0 Å². The second-order valence-corrected chi connectivity index (χ2v) is 8.54. The lowest BCUT2D eigenvalue weighted by atomic mass is 9.98. The highest BCUT2D eigenvalue weighted by Gasteiger charge is 2.57. The normalized spacial score (nSPS) is 22.1. The average molecular weight is 549 g/mol. The van der Waals surface area contributed by atoms with Crippen LogP contribution in [0.15, 0.2) is 17.4 Å². The summed E-state index contributed by atoms with van der Waals surface area (Å²) in [5.41, 5.74) is -3.04. The van der Waals surface area contributed by atoms with Gasteiger partial charge >= 0.3 is 6.18 Å². The van der Waals surface area contributed by atoms with Gasteiger partial charge in [-0.05, 0) is 31.9 Å². The number of imidazole rings is 1. The molecule has 3 atom stereocenters. The van der Waals surface area contributed by atoms with Crippen LogP contribution < -0.4 is 10.6 Å². The van der Waals surface area contributed by atoms with Crippen molar-refractivity contribution in [2.75, 3.05) is 18.8 Å². The van der Waals surface area contributed by atoms with Gasteiger partial charge in [-0.3, -0.25) is 4.99 Å². The van der Waals surface area contributed by atoms with Crippen LogP contribution in [0.5, 0.6) is 0 Å². The second-order valence-electron chi connectivity index (χ2n) is 6.96. The molecule has 0 aromatic carbocycles. The van der Waals surface area contributed by atoms with Gasteiger partial charge in [0.1, 0.15) is 5.82 Å². The summed E-state index contributed by atoms with van der Waals surface area (Å²) in [5, 5.41) is 17.4. The summed E-state index contributed by atoms with van der Waals surface area (Å²) in [6, 6.07) is 0.262. The smallest absolute Gasteiger partial charge is 0.374 e. The number of aryl methyl sites for hydroxylation is 1. The van der Waals surface area contributed by atoms with Crippen LogP contribution in [0.4, 0.5) is 13.2 Å². The molecule has 0 saturated heterocycles. The molecular formula is C18H31F3IN5OS. The van der Waals surface area contributed by atoms with Gasteiger partial charge in [0, 0.05) is 50.2 Å². The molecule has 1 aliphatic rings. The van der Waals surface area contributed by atoms with Gasteiger partial charge in [-0.1, -0.05) is 6.92 Å². The Balaban J connectivity index is 0.00000420. The van der Waals surface area contributed by atoms with Crippen molar-refractivity contribution in [3.8, 4) is 0 Å². The number of guanidine groups is 1. The van der Waals surface area contributed by atoms with Crippen LogP contribution in [-0.2, 0) is 12.6 Å². The highest BCUT2D eigenvalue weighted by molar-refractivity contribution is 14.0. The van der Waals surface area contributed by atoms with Crippen LogP contribution in [0.3, 0.4) is 0 Å². The molecule has 3 unspecified atom stereocenters. The van der Waals surface area contributed by atoms with Gasteiger partial charge in [0.15, 0.2) is 5.96 Å². The molecule has 0 spiro atoms. The van der Waals surface area contributed by atoms with E-state index >= 15 is 0 Å². The molecule has 0 amide bonds. The number of rotatable bonds is 8. The Morgan fingerprint density at radius 2 is 2.10 bits per heavy atom. The third-order valence-electron chi connectivity index (χ3n) is 4.88. The van der Waals surface area contributed by atoms with Crippen LogP contribution in [-0.4, -0.2) is 56.9 Å². The van der Waals surface area contributed by atoms with E-state index in [4.69, 9.17) is 0 Å². The topological polar surface area (TPSA) is 74.5 Å². The molecule has 1 heterocycles. The highest BCUT2D eigenvalue weighted by Crippen LogP contribution is 2.40. The molecule has 168 valence electrons. The minimum atomic E-state index is -4.84. The molecule has 1 aromatic heterocycles. The summed E-state index contributed by atoms with van der Waals surface area (Å²) in [4.78, 5) is 7.98. The fourth-order valence-electron chi connectivity index (χ4n) is 3.45. The quantitative estimate of drug-likeness (QED) is 0.264. The minimum absolute atomic E-state index is 0. The highest BCUT2D eigenvalue weighted by atomic mass is 127. The minimum Gasteiger partial charge on any atom is -0.374 e. The van der Waals surface area contributed by atoms with E-state index in [0.717, 1.165) is 25.0 Å². The van der Waals surface area contributed by atoms with Crippen molar-refractivity contribution in [2.45, 2.75) is 62.6 Å². The Morgan fingerprint density at radius 1 is 1.38 bits per heavy atom. The lowest BCUT2D eigenvalue weighted by Crippen LogP contribution is -2.46. The number of aliphatic hydroxyl groups is 1. The van der Waals surface area contributed by atoms with Crippen LogP contribution in [0.2, 0.25) is 0 Å². The van der Waals surface area contributed by atoms with Gasteiger partial charge in [0.25, 0.3) is 0 Å². The van der Waals surface area contributed by atoms with E-state index in [0.29, 0.717) is 17.8 Å². The van der Waals surface area contributed by atoms with Crippen LogP contribution >= 0.6 is 35.7 Å². The van der Waals surface area contributed by atoms with Gasteiger partial charge in [-0.25, -0.2) is 4.98 Å². The molecule has 11 heteroatoms. The monoisotopic (exact) mass is 549 g/mol. The summed E-state index contributed by atoms with van der Waals surface area (Å²) >= 11 is 1.94. The Kier molecular flexibility index (Phi) is 10.6. The third-order valence-corrected chi connectivity index (χ3v) is 6.11. The van der Waals surface area contributed by atoms with Crippen molar-refractivity contribution in [3.63, 3.8) is 0 Å². The number of nitrogens with zero attached hydrogens (tertiary/aromatic N) is 3. The van der Waals surface area contributed by atoms with E-state index in [1.807, 2.05) is 18.7 Å². The number of nitrogens with one attached hydrogen (secondary N) is 2. The van der Waals surface area contributed by atoms with Crippen LogP contribution in [0.25, 0.3) is 0 Å². The van der Waals surface area contributed by atoms with E-state index in [2.05, 4.69) is 27.5 Å². The predicted molar refractivity (Wildman–Crippen MR) is 122 cm³/mol. The van der Waals surface area contributed by atoms with Crippen molar-refractivity contribution in [2.24, 2.45) is 12.0 Å². The van der Waals surface area contributed by atoms with Crippen molar-refractivity contribution < 1.29 is 18.3 Å². The number of aromatic nitrogens is 2. The van der Waals surface area contributed by atoms with Gasteiger partial charge in [-0.2, -0.15) is 24.9 Å². The summed E-state index contributed by atoms with van der Waals surface area (Å²) < 4.78 is 41.9. The van der Waals surface area contributed by atoms with Crippen molar-refractivity contribution in [1.82, 2.24) is 20.2 Å². The molecule has 0 aliphatic heterocycles. The van der Waals surface area contributed by atoms with Gasteiger partial charge in [-0.15, -0.1) is 24.0 Å². The third kappa shape index (κ3) is 6.91. The molecule has 3 N–H and O–H groups in total. The Bertz CT molecular complexity index is 658. The molecular weight excluding hydrogens is 518 g/mol. The second kappa shape index (κ2) is 11.6. The fraction of sp³-hybridized carbons (Fsp3) is 0.778. The summed E-state index contributed by atoms with van der Waals surface area (Å²) in [6.07, 6.45) is 0.338. The molecule has 29 heavy (non-hydrogen) atoms. The first-order chi connectivity index (χ1) is 13.2. The molecule has 0 bridgehead atoms. The SMILES string of the molecule is CCNC(=NCCC(O)(c1nccn1C)C(F)(F)F)NC1CCC(SCC)C1.I. The standard InChI is InChI=1S/C18H30F3N5OS.HI/c1-4-22-16(25-13-6-7-14(12-13)28-5-2)24-9-8-17(27,18(19,20)21)15-23-10-11-26(15)3;/h10-11,13-14,27H,4-9,12H2,1-3H3,(H2,22,24,25);1H. The lowest BCUT2D eigenvalue weighted by Gasteiger charge is -2.29. The summed E-state index contributed by atoms with van der Waals surface area (Å²) in [5.74, 6) is 1.14. The van der Waals surface area contributed by atoms with Gasteiger partial charge < -0.3 is 20.3 Å². The first-order valence-electron chi connectivity index (χ1n) is 9.64. The Morgan fingerprint density at radius 3 is 2.66 bits per heavy atom. The zero-order chi connectivity index (χ0) is 20.8. The maximum absolute atomic E-state index is 13.6. The molecule has 1 fully saturated rings. The maximum Gasteiger partial charge on any atom is 0.424 e. The van der Waals surface area contributed by atoms with Gasteiger partial charge in [0.2, 0.25) is 5.60 Å². The number of aliphatic imine (C=N–C) groups is 1. The molecule has 0 radical (unpaired) electrons. The van der Waals surface area contributed by atoms with Crippen LogP contribution in [0.1, 0.15) is 45.4 Å². The number of halogens is 4. The van der Waals surface area contributed by atoms with E-state index in [9.17, 15) is 18.3 Å². The number of alkyl halides is 3.